The first-order chi connectivity index (χ1) is 14.1. The number of ether oxygens (including phenoxy) is 1. The van der Waals surface area contributed by atoms with Gasteiger partial charge in [-0.25, -0.2) is 0 Å². The number of unbranched alkanes of at least 4 members (excludes halogenated alkanes) is 1. The zero-order valence-corrected chi connectivity index (χ0v) is 18.5. The van der Waals surface area contributed by atoms with Gasteiger partial charge >= 0.3 is 0 Å². The van der Waals surface area contributed by atoms with E-state index in [1.807, 2.05) is 12.1 Å². The number of halogens is 1. The molecule has 158 valence electrons. The molecule has 2 N–H and O–H groups in total. The lowest BCUT2D eigenvalue weighted by Gasteiger charge is -2.40. The number of benzene rings is 2. The van der Waals surface area contributed by atoms with Gasteiger partial charge in [0.05, 0.1) is 5.60 Å². The highest BCUT2D eigenvalue weighted by Crippen LogP contribution is 2.45. The van der Waals surface area contributed by atoms with E-state index < -0.39 is 5.60 Å². The van der Waals surface area contributed by atoms with Crippen LogP contribution < -0.4 is 5.32 Å². The summed E-state index contributed by atoms with van der Waals surface area (Å²) in [6.07, 6.45) is 5.66. The average molecular weight is 416 g/mol. The van der Waals surface area contributed by atoms with Gasteiger partial charge in [0.25, 0.3) is 0 Å². The maximum atomic E-state index is 12.2. The van der Waals surface area contributed by atoms with Crippen LogP contribution in [0.4, 0.5) is 0 Å². The molecule has 0 saturated carbocycles. The number of nitrogens with one attached hydrogen (secondary N) is 1. The van der Waals surface area contributed by atoms with E-state index >= 15 is 0 Å². The second kappa shape index (κ2) is 10.6. The minimum Gasteiger partial charge on any atom is -0.385 e. The minimum absolute atomic E-state index is 0.172. The highest BCUT2D eigenvalue weighted by molar-refractivity contribution is 6.33. The normalized spacial score (nSPS) is 19.1. The van der Waals surface area contributed by atoms with Gasteiger partial charge in [0.2, 0.25) is 0 Å². The molecule has 2 aromatic carbocycles. The Labute approximate surface area is 180 Å². The molecule has 0 amide bonds. The third-order valence-electron chi connectivity index (χ3n) is 6.23. The third kappa shape index (κ3) is 5.21. The average Bonchev–Trinajstić information content (AvgIpc) is 2.77. The van der Waals surface area contributed by atoms with Crippen molar-refractivity contribution in [1.82, 2.24) is 5.32 Å². The molecule has 2 aromatic rings. The number of rotatable bonds is 9. The molecule has 1 fully saturated rings. The van der Waals surface area contributed by atoms with Gasteiger partial charge in [0, 0.05) is 36.8 Å². The summed E-state index contributed by atoms with van der Waals surface area (Å²) in [5.41, 5.74) is 3.39. The molecule has 0 bridgehead atoms. The fraction of sp³-hybridized carbons (Fsp3) is 0.520. The molecule has 0 radical (unpaired) electrons. The van der Waals surface area contributed by atoms with E-state index in [9.17, 15) is 5.11 Å². The second-order valence-electron chi connectivity index (χ2n) is 8.13. The van der Waals surface area contributed by atoms with Crippen LogP contribution in [0.5, 0.6) is 0 Å². The van der Waals surface area contributed by atoms with E-state index in [2.05, 4.69) is 42.6 Å². The van der Waals surface area contributed by atoms with Crippen molar-refractivity contribution in [2.45, 2.75) is 51.0 Å². The lowest BCUT2D eigenvalue weighted by atomic mass is 9.72. The number of methoxy groups -OCH3 is 1. The molecule has 4 heteroatoms. The lowest BCUT2D eigenvalue weighted by molar-refractivity contribution is -0.0429. The Morgan fingerprint density at radius 1 is 1.21 bits per heavy atom. The molecular formula is C25H34ClNO2. The number of hydrogen-bond donors (Lipinski definition) is 2. The van der Waals surface area contributed by atoms with Gasteiger partial charge < -0.3 is 15.2 Å². The Morgan fingerprint density at radius 3 is 2.76 bits per heavy atom. The highest BCUT2D eigenvalue weighted by Gasteiger charge is 2.40. The fourth-order valence-electron chi connectivity index (χ4n) is 4.58. The molecule has 29 heavy (non-hydrogen) atoms. The fourth-order valence-corrected chi connectivity index (χ4v) is 4.87. The van der Waals surface area contributed by atoms with Crippen molar-refractivity contribution in [2.24, 2.45) is 5.92 Å². The number of hydrogen-bond acceptors (Lipinski definition) is 3. The Hall–Kier alpha value is -1.39. The van der Waals surface area contributed by atoms with E-state index in [1.165, 1.54) is 5.56 Å². The molecule has 1 aliphatic heterocycles. The summed E-state index contributed by atoms with van der Waals surface area (Å²) in [4.78, 5) is 0. The van der Waals surface area contributed by atoms with Gasteiger partial charge in [-0.1, -0.05) is 54.9 Å². The Balaban J connectivity index is 2.05. The topological polar surface area (TPSA) is 41.5 Å². The molecule has 1 aliphatic rings. The maximum Gasteiger partial charge on any atom is 0.0943 e. The van der Waals surface area contributed by atoms with Gasteiger partial charge in [-0.3, -0.25) is 0 Å². The third-order valence-corrected chi connectivity index (χ3v) is 6.55. The summed E-state index contributed by atoms with van der Waals surface area (Å²) < 4.78 is 5.23. The van der Waals surface area contributed by atoms with Crippen LogP contribution in [0.25, 0.3) is 11.1 Å². The van der Waals surface area contributed by atoms with Gasteiger partial charge in [-0.05, 0) is 67.8 Å². The van der Waals surface area contributed by atoms with Gasteiger partial charge in [-0.15, -0.1) is 0 Å². The monoisotopic (exact) mass is 415 g/mol. The lowest BCUT2D eigenvalue weighted by Crippen LogP contribution is -2.44. The Bertz CT molecular complexity index is 788. The molecular weight excluding hydrogens is 382 g/mol. The summed E-state index contributed by atoms with van der Waals surface area (Å²) >= 11 is 6.74. The minimum atomic E-state index is -0.913. The molecule has 3 nitrogen and oxygen atoms in total. The van der Waals surface area contributed by atoms with Crippen LogP contribution in [0.2, 0.25) is 5.02 Å². The van der Waals surface area contributed by atoms with Crippen molar-refractivity contribution in [1.29, 1.82) is 0 Å². The maximum absolute atomic E-state index is 12.2. The molecule has 0 spiro atoms. The predicted molar refractivity (Wildman–Crippen MR) is 121 cm³/mol. The Morgan fingerprint density at radius 2 is 2.03 bits per heavy atom. The van der Waals surface area contributed by atoms with Crippen LogP contribution in [-0.4, -0.2) is 31.9 Å². The van der Waals surface area contributed by atoms with Gasteiger partial charge in [0.1, 0.15) is 0 Å². The summed E-state index contributed by atoms with van der Waals surface area (Å²) in [5, 5.41) is 16.4. The van der Waals surface area contributed by atoms with Crippen LogP contribution in [0, 0.1) is 5.92 Å². The van der Waals surface area contributed by atoms with Crippen molar-refractivity contribution in [3.8, 4) is 11.1 Å². The van der Waals surface area contributed by atoms with Gasteiger partial charge in [-0.2, -0.15) is 0 Å². The highest BCUT2D eigenvalue weighted by atomic mass is 35.5. The van der Waals surface area contributed by atoms with Crippen molar-refractivity contribution >= 4 is 11.6 Å². The number of aliphatic hydroxyl groups is 1. The summed E-state index contributed by atoms with van der Waals surface area (Å²) in [5.74, 6) is 0.172. The van der Waals surface area contributed by atoms with Crippen LogP contribution in [0.1, 0.15) is 50.2 Å². The Kier molecular flexibility index (Phi) is 8.14. The molecule has 2 atom stereocenters. The van der Waals surface area contributed by atoms with Crippen LogP contribution in [0.3, 0.4) is 0 Å². The largest absolute Gasteiger partial charge is 0.385 e. The first kappa shape index (κ1) is 22.3. The second-order valence-corrected chi connectivity index (χ2v) is 8.54. The van der Waals surface area contributed by atoms with Crippen molar-refractivity contribution in [3.63, 3.8) is 0 Å². The molecule has 1 heterocycles. The van der Waals surface area contributed by atoms with Gasteiger partial charge in [0.15, 0.2) is 0 Å². The van der Waals surface area contributed by atoms with E-state index in [4.69, 9.17) is 16.3 Å². The SMILES string of the molecule is CCc1cccc(-c2c(Cl)cccc2C(O)(CCCCOC)[C@@H]2CCCNC2)c1. The first-order valence-corrected chi connectivity index (χ1v) is 11.3. The molecule has 0 aromatic heterocycles. The van der Waals surface area contributed by atoms with E-state index in [0.29, 0.717) is 11.4 Å². The quantitative estimate of drug-likeness (QED) is 0.526. The van der Waals surface area contributed by atoms with Crippen LogP contribution >= 0.6 is 11.6 Å². The standard InChI is InChI=1S/C25H34ClNO2/c1-3-19-9-6-10-20(17-19)24-22(12-7-13-23(24)26)25(28,14-4-5-16-29-2)21-11-8-15-27-18-21/h6-7,9-10,12-13,17,21,27-28H,3-5,8,11,14-16,18H2,1-2H3/t21-,25?/m1/s1. The van der Waals surface area contributed by atoms with Crippen LogP contribution in [-0.2, 0) is 16.8 Å². The molecule has 3 rings (SSSR count). The summed E-state index contributed by atoms with van der Waals surface area (Å²) in [7, 11) is 1.73. The zero-order valence-electron chi connectivity index (χ0n) is 17.7. The number of aryl methyl sites for hydroxylation is 1. The zero-order chi connectivity index (χ0) is 20.7. The van der Waals surface area contributed by atoms with E-state index in [-0.39, 0.29) is 5.92 Å². The van der Waals surface area contributed by atoms with Crippen molar-refractivity contribution in [3.05, 3.63) is 58.6 Å². The first-order valence-electron chi connectivity index (χ1n) is 10.9. The summed E-state index contributed by atoms with van der Waals surface area (Å²) in [6.45, 7) is 4.74. The summed E-state index contributed by atoms with van der Waals surface area (Å²) in [6, 6.07) is 14.5. The predicted octanol–water partition coefficient (Wildman–Crippen LogP) is 5.57. The van der Waals surface area contributed by atoms with Crippen molar-refractivity contribution in [2.75, 3.05) is 26.8 Å². The van der Waals surface area contributed by atoms with Crippen molar-refractivity contribution < 1.29 is 9.84 Å². The molecule has 1 saturated heterocycles. The van der Waals surface area contributed by atoms with E-state index in [1.54, 1.807) is 7.11 Å². The van der Waals surface area contributed by atoms with Crippen LogP contribution in [0.15, 0.2) is 42.5 Å². The number of piperidine rings is 1. The molecule has 1 unspecified atom stereocenters. The molecule has 0 aliphatic carbocycles. The van der Waals surface area contributed by atoms with E-state index in [0.717, 1.165) is 68.5 Å². The smallest absolute Gasteiger partial charge is 0.0943 e.